The maximum Gasteiger partial charge on any atom is 0.243 e. The highest BCUT2D eigenvalue weighted by Crippen LogP contribution is 2.27. The second-order valence-electron chi connectivity index (χ2n) is 5.70. The number of carbonyl (C=O) groups is 1. The predicted octanol–water partition coefficient (Wildman–Crippen LogP) is 2.76. The normalized spacial score (nSPS) is 18.2. The maximum atomic E-state index is 13.7. The van der Waals surface area contributed by atoms with E-state index in [1.807, 2.05) is 0 Å². The first kappa shape index (κ1) is 17.5. The third-order valence-corrected chi connectivity index (χ3v) is 5.96. The molecule has 1 fully saturated rings. The lowest BCUT2D eigenvalue weighted by atomic mass is 10.2. The molecule has 5 nitrogen and oxygen atoms in total. The summed E-state index contributed by atoms with van der Waals surface area (Å²) in [5.41, 5.74) is -0.311. The first-order valence-corrected chi connectivity index (χ1v) is 9.16. The average Bonchev–Trinajstić information content (AvgIpc) is 3.09. The van der Waals surface area contributed by atoms with Gasteiger partial charge in [-0.25, -0.2) is 17.2 Å². The van der Waals surface area contributed by atoms with E-state index in [4.69, 9.17) is 0 Å². The van der Waals surface area contributed by atoms with Gasteiger partial charge in [-0.05, 0) is 37.1 Å². The monoisotopic (exact) mass is 366 g/mol. The van der Waals surface area contributed by atoms with Crippen molar-refractivity contribution in [1.29, 1.82) is 0 Å². The van der Waals surface area contributed by atoms with Crippen molar-refractivity contribution < 1.29 is 22.0 Å². The smallest absolute Gasteiger partial charge is 0.243 e. The molecule has 25 heavy (non-hydrogen) atoms. The molecule has 0 aromatic heterocycles. The summed E-state index contributed by atoms with van der Waals surface area (Å²) in [4.78, 5) is 12.5. The zero-order valence-corrected chi connectivity index (χ0v) is 14.0. The summed E-state index contributed by atoms with van der Waals surface area (Å²) in [5.74, 6) is -2.16. The van der Waals surface area contributed by atoms with Crippen molar-refractivity contribution in [2.45, 2.75) is 23.8 Å². The van der Waals surface area contributed by atoms with Crippen molar-refractivity contribution in [2.24, 2.45) is 0 Å². The van der Waals surface area contributed by atoms with Crippen LogP contribution in [0.1, 0.15) is 12.8 Å². The molecular formula is C17H16F2N2O3S. The van der Waals surface area contributed by atoms with Crippen LogP contribution in [0.25, 0.3) is 0 Å². The summed E-state index contributed by atoms with van der Waals surface area (Å²) in [6, 6.07) is 9.53. The fourth-order valence-electron chi connectivity index (χ4n) is 2.83. The number of carbonyl (C=O) groups excluding carboxylic acids is 1. The van der Waals surface area contributed by atoms with Crippen LogP contribution in [0, 0.1) is 11.6 Å². The first-order valence-electron chi connectivity index (χ1n) is 7.72. The van der Waals surface area contributed by atoms with Crippen molar-refractivity contribution in [3.63, 3.8) is 0 Å². The fraction of sp³-hybridized carbons (Fsp3) is 0.235. The number of nitrogens with zero attached hydrogens (tertiary/aromatic N) is 1. The van der Waals surface area contributed by atoms with Crippen LogP contribution < -0.4 is 5.32 Å². The number of nitrogens with one attached hydrogen (secondary N) is 1. The molecule has 0 radical (unpaired) electrons. The summed E-state index contributed by atoms with van der Waals surface area (Å²) in [7, 11) is -3.84. The van der Waals surface area contributed by atoms with E-state index in [0.29, 0.717) is 12.8 Å². The minimum absolute atomic E-state index is 0.0895. The Balaban J connectivity index is 1.84. The molecule has 0 saturated carbocycles. The van der Waals surface area contributed by atoms with E-state index < -0.39 is 33.6 Å². The number of anilines is 1. The minimum atomic E-state index is -3.84. The van der Waals surface area contributed by atoms with E-state index in [1.54, 1.807) is 18.2 Å². The quantitative estimate of drug-likeness (QED) is 0.905. The highest BCUT2D eigenvalue weighted by atomic mass is 32.2. The molecule has 2 aromatic rings. The largest absolute Gasteiger partial charge is 0.322 e. The van der Waals surface area contributed by atoms with E-state index in [2.05, 4.69) is 5.32 Å². The molecule has 1 heterocycles. The van der Waals surface area contributed by atoms with Crippen molar-refractivity contribution in [1.82, 2.24) is 4.31 Å². The van der Waals surface area contributed by atoms with Crippen molar-refractivity contribution in [3.05, 3.63) is 60.2 Å². The van der Waals surface area contributed by atoms with E-state index >= 15 is 0 Å². The molecule has 2 aromatic carbocycles. The molecule has 1 aliphatic rings. The fourth-order valence-corrected chi connectivity index (χ4v) is 4.50. The van der Waals surface area contributed by atoms with E-state index in [0.717, 1.165) is 22.5 Å². The Bertz CT molecular complexity index is 888. The molecule has 0 bridgehead atoms. The van der Waals surface area contributed by atoms with Gasteiger partial charge in [0.2, 0.25) is 15.9 Å². The summed E-state index contributed by atoms with van der Waals surface area (Å²) < 4.78 is 53.5. The molecule has 1 N–H and O–H groups in total. The van der Waals surface area contributed by atoms with Gasteiger partial charge in [0, 0.05) is 12.6 Å². The van der Waals surface area contributed by atoms with Gasteiger partial charge in [0.25, 0.3) is 0 Å². The lowest BCUT2D eigenvalue weighted by Gasteiger charge is -2.23. The van der Waals surface area contributed by atoms with Gasteiger partial charge in [0.1, 0.15) is 17.7 Å². The Morgan fingerprint density at radius 2 is 1.84 bits per heavy atom. The zero-order valence-electron chi connectivity index (χ0n) is 13.2. The van der Waals surface area contributed by atoms with E-state index in [1.165, 1.54) is 12.1 Å². The Labute approximate surface area is 144 Å². The van der Waals surface area contributed by atoms with Gasteiger partial charge in [-0.2, -0.15) is 4.31 Å². The predicted molar refractivity (Wildman–Crippen MR) is 88.3 cm³/mol. The van der Waals surface area contributed by atoms with Crippen LogP contribution in [0.4, 0.5) is 14.5 Å². The van der Waals surface area contributed by atoms with Crippen LogP contribution in [0.3, 0.4) is 0 Å². The number of hydrogen-bond acceptors (Lipinski definition) is 3. The molecule has 132 valence electrons. The first-order chi connectivity index (χ1) is 11.9. The SMILES string of the molecule is O=C(Nc1cc(F)ccc1F)C1CCCN1S(=O)(=O)c1ccccc1. The number of amides is 1. The van der Waals surface area contributed by atoms with Gasteiger partial charge in [-0.1, -0.05) is 18.2 Å². The molecule has 1 unspecified atom stereocenters. The molecule has 0 spiro atoms. The van der Waals surface area contributed by atoms with E-state index in [-0.39, 0.29) is 17.1 Å². The zero-order chi connectivity index (χ0) is 18.0. The summed E-state index contributed by atoms with van der Waals surface area (Å²) in [5, 5.41) is 2.29. The third-order valence-electron chi connectivity index (χ3n) is 4.04. The van der Waals surface area contributed by atoms with Crippen LogP contribution in [-0.2, 0) is 14.8 Å². The second kappa shape index (κ2) is 6.89. The van der Waals surface area contributed by atoms with Crippen LogP contribution >= 0.6 is 0 Å². The van der Waals surface area contributed by atoms with Gasteiger partial charge in [-0.15, -0.1) is 0 Å². The number of hydrogen-bond donors (Lipinski definition) is 1. The second-order valence-corrected chi connectivity index (χ2v) is 7.59. The molecule has 3 rings (SSSR count). The number of benzene rings is 2. The molecule has 1 amide bonds. The van der Waals surface area contributed by atoms with Gasteiger partial charge in [-0.3, -0.25) is 4.79 Å². The van der Waals surface area contributed by atoms with Gasteiger partial charge in [0.05, 0.1) is 10.6 Å². The Morgan fingerprint density at radius 3 is 2.56 bits per heavy atom. The lowest BCUT2D eigenvalue weighted by molar-refractivity contribution is -0.119. The number of rotatable bonds is 4. The Kier molecular flexibility index (Phi) is 4.82. The Morgan fingerprint density at radius 1 is 1.12 bits per heavy atom. The van der Waals surface area contributed by atoms with Crippen LogP contribution in [-0.4, -0.2) is 31.2 Å². The molecule has 1 atom stereocenters. The van der Waals surface area contributed by atoms with Gasteiger partial charge < -0.3 is 5.32 Å². The van der Waals surface area contributed by atoms with Crippen molar-refractivity contribution >= 4 is 21.6 Å². The lowest BCUT2D eigenvalue weighted by Crippen LogP contribution is -2.43. The van der Waals surface area contributed by atoms with Crippen molar-refractivity contribution in [2.75, 3.05) is 11.9 Å². The minimum Gasteiger partial charge on any atom is -0.322 e. The van der Waals surface area contributed by atoms with Crippen LogP contribution in [0.2, 0.25) is 0 Å². The summed E-state index contributed by atoms with van der Waals surface area (Å²) in [6.07, 6.45) is 0.824. The molecule has 8 heteroatoms. The molecular weight excluding hydrogens is 350 g/mol. The topological polar surface area (TPSA) is 66.5 Å². The number of halogens is 2. The highest BCUT2D eigenvalue weighted by Gasteiger charge is 2.39. The number of sulfonamides is 1. The van der Waals surface area contributed by atoms with Gasteiger partial charge >= 0.3 is 0 Å². The van der Waals surface area contributed by atoms with Gasteiger partial charge in [0.15, 0.2) is 0 Å². The molecule has 1 aliphatic heterocycles. The summed E-state index contributed by atoms with van der Waals surface area (Å²) >= 11 is 0. The van der Waals surface area contributed by atoms with E-state index in [9.17, 15) is 22.0 Å². The highest BCUT2D eigenvalue weighted by molar-refractivity contribution is 7.89. The average molecular weight is 366 g/mol. The molecule has 1 saturated heterocycles. The third kappa shape index (κ3) is 3.54. The standard InChI is InChI=1S/C17H16F2N2O3S/c18-12-8-9-14(19)15(11-12)20-17(22)16-7-4-10-21(16)25(23,24)13-5-2-1-3-6-13/h1-3,5-6,8-9,11,16H,4,7,10H2,(H,20,22). The molecule has 0 aliphatic carbocycles. The summed E-state index contributed by atoms with van der Waals surface area (Å²) in [6.45, 7) is 0.195. The van der Waals surface area contributed by atoms with Crippen LogP contribution in [0.5, 0.6) is 0 Å². The van der Waals surface area contributed by atoms with Crippen LogP contribution in [0.15, 0.2) is 53.4 Å². The Hall–Kier alpha value is -2.32. The maximum absolute atomic E-state index is 13.7. The van der Waals surface area contributed by atoms with Crippen molar-refractivity contribution in [3.8, 4) is 0 Å².